The van der Waals surface area contributed by atoms with Crippen molar-refractivity contribution in [3.8, 4) is 11.9 Å². The first-order valence-electron chi connectivity index (χ1n) is 10.6. The molecule has 0 radical (unpaired) electrons. The van der Waals surface area contributed by atoms with Gasteiger partial charge in [-0.2, -0.15) is 4.98 Å². The van der Waals surface area contributed by atoms with Crippen LogP contribution in [0.2, 0.25) is 0 Å². The zero-order valence-corrected chi connectivity index (χ0v) is 17.1. The highest BCUT2D eigenvalue weighted by molar-refractivity contribution is 6.10. The van der Waals surface area contributed by atoms with Crippen LogP contribution >= 0.6 is 0 Å². The van der Waals surface area contributed by atoms with E-state index in [4.69, 9.17) is 4.98 Å². The van der Waals surface area contributed by atoms with E-state index in [1.165, 1.54) is 21.5 Å². The Morgan fingerprint density at radius 2 is 0.719 bits per heavy atom. The first-order valence-corrected chi connectivity index (χ1v) is 10.6. The van der Waals surface area contributed by atoms with E-state index in [0.29, 0.717) is 11.9 Å². The van der Waals surface area contributed by atoms with Crippen LogP contribution in [0.1, 0.15) is 0 Å². The van der Waals surface area contributed by atoms with E-state index in [1.54, 1.807) is 6.33 Å². The number of para-hydroxylation sites is 4. The maximum absolute atomic E-state index is 4.96. The molecule has 0 atom stereocenters. The molecule has 150 valence electrons. The fourth-order valence-corrected chi connectivity index (χ4v) is 4.77. The molecule has 5 nitrogen and oxygen atoms in total. The average Bonchev–Trinajstić information content (AvgIpc) is 3.37. The van der Waals surface area contributed by atoms with Crippen LogP contribution in [0.3, 0.4) is 0 Å². The van der Waals surface area contributed by atoms with Gasteiger partial charge in [-0.1, -0.05) is 72.8 Å². The van der Waals surface area contributed by atoms with Crippen LogP contribution in [-0.4, -0.2) is 24.1 Å². The second-order valence-electron chi connectivity index (χ2n) is 7.82. The summed E-state index contributed by atoms with van der Waals surface area (Å²) >= 11 is 0. The molecule has 3 heterocycles. The SMILES string of the molecule is c1ccc2c(c1)c1ccccc1n2-c1ncnc(-n2c3ccccc3c3ccccc32)n1. The summed E-state index contributed by atoms with van der Waals surface area (Å²) in [5.41, 5.74) is 4.31. The van der Waals surface area contributed by atoms with Gasteiger partial charge in [-0.15, -0.1) is 0 Å². The smallest absolute Gasteiger partial charge is 0.239 e. The molecule has 0 aliphatic rings. The lowest BCUT2D eigenvalue weighted by Gasteiger charge is -2.09. The summed E-state index contributed by atoms with van der Waals surface area (Å²) in [5.74, 6) is 1.21. The molecule has 4 aromatic carbocycles. The van der Waals surface area contributed by atoms with Crippen molar-refractivity contribution >= 4 is 43.6 Å². The Bertz CT molecular complexity index is 1560. The highest BCUT2D eigenvalue weighted by Gasteiger charge is 2.17. The number of fused-ring (bicyclic) bond motifs is 6. The van der Waals surface area contributed by atoms with Gasteiger partial charge in [-0.05, 0) is 24.3 Å². The first kappa shape index (κ1) is 17.2. The molecule has 3 aromatic heterocycles. The van der Waals surface area contributed by atoms with E-state index < -0.39 is 0 Å². The summed E-state index contributed by atoms with van der Waals surface area (Å²) in [5, 5.41) is 4.73. The highest BCUT2D eigenvalue weighted by Crippen LogP contribution is 2.32. The molecule has 7 rings (SSSR count). The quantitative estimate of drug-likeness (QED) is 0.347. The monoisotopic (exact) mass is 411 g/mol. The van der Waals surface area contributed by atoms with Gasteiger partial charge in [0.25, 0.3) is 0 Å². The van der Waals surface area contributed by atoms with Gasteiger partial charge in [0.05, 0.1) is 22.1 Å². The fraction of sp³-hybridized carbons (Fsp3) is 0. The Kier molecular flexibility index (Phi) is 3.49. The normalized spacial score (nSPS) is 11.8. The summed E-state index contributed by atoms with van der Waals surface area (Å²) in [6, 6.07) is 33.5. The molecule has 0 saturated heterocycles. The van der Waals surface area contributed by atoms with E-state index in [0.717, 1.165) is 22.1 Å². The van der Waals surface area contributed by atoms with E-state index >= 15 is 0 Å². The zero-order chi connectivity index (χ0) is 21.1. The topological polar surface area (TPSA) is 48.5 Å². The lowest BCUT2D eigenvalue weighted by Crippen LogP contribution is -2.07. The molecule has 0 N–H and O–H groups in total. The third kappa shape index (κ3) is 2.30. The first-order chi connectivity index (χ1) is 15.9. The lowest BCUT2D eigenvalue weighted by atomic mass is 10.2. The van der Waals surface area contributed by atoms with Crippen molar-refractivity contribution < 1.29 is 0 Å². The van der Waals surface area contributed by atoms with E-state index in [2.05, 4.69) is 91.9 Å². The van der Waals surface area contributed by atoms with Gasteiger partial charge in [0.1, 0.15) is 6.33 Å². The van der Waals surface area contributed by atoms with Crippen LogP contribution in [0.4, 0.5) is 0 Å². The van der Waals surface area contributed by atoms with Crippen LogP contribution in [0, 0.1) is 0 Å². The van der Waals surface area contributed by atoms with Crippen LogP contribution in [0.15, 0.2) is 103 Å². The molecule has 0 fully saturated rings. The molecule has 32 heavy (non-hydrogen) atoms. The Hall–Kier alpha value is -4.51. The summed E-state index contributed by atoms with van der Waals surface area (Å²) in [6.45, 7) is 0. The molecule has 0 bridgehead atoms. The van der Waals surface area contributed by atoms with E-state index in [-0.39, 0.29) is 0 Å². The molecule has 0 spiro atoms. The van der Waals surface area contributed by atoms with Crippen molar-refractivity contribution in [1.29, 1.82) is 0 Å². The summed E-state index contributed by atoms with van der Waals surface area (Å²) in [4.78, 5) is 14.1. The number of aromatic nitrogens is 5. The Labute approximate surface area is 183 Å². The third-order valence-corrected chi connectivity index (χ3v) is 6.11. The Morgan fingerprint density at radius 1 is 0.406 bits per heavy atom. The molecule has 7 aromatic rings. The zero-order valence-electron chi connectivity index (χ0n) is 17.1. The largest absolute Gasteiger partial charge is 0.278 e. The summed E-state index contributed by atoms with van der Waals surface area (Å²) < 4.78 is 4.23. The predicted molar refractivity (Wildman–Crippen MR) is 129 cm³/mol. The van der Waals surface area contributed by atoms with Crippen molar-refractivity contribution in [2.75, 3.05) is 0 Å². The third-order valence-electron chi connectivity index (χ3n) is 6.11. The molecule has 0 amide bonds. The molecular weight excluding hydrogens is 394 g/mol. The van der Waals surface area contributed by atoms with Gasteiger partial charge < -0.3 is 0 Å². The number of hydrogen-bond acceptors (Lipinski definition) is 3. The fourth-order valence-electron chi connectivity index (χ4n) is 4.77. The molecule has 0 aliphatic heterocycles. The van der Waals surface area contributed by atoms with Gasteiger partial charge in [-0.3, -0.25) is 9.13 Å². The average molecular weight is 411 g/mol. The van der Waals surface area contributed by atoms with E-state index in [1.807, 2.05) is 24.3 Å². The summed E-state index contributed by atoms with van der Waals surface area (Å²) in [6.07, 6.45) is 1.60. The Morgan fingerprint density at radius 3 is 1.06 bits per heavy atom. The van der Waals surface area contributed by atoms with Gasteiger partial charge in [0.15, 0.2) is 0 Å². The van der Waals surface area contributed by atoms with Crippen molar-refractivity contribution in [1.82, 2.24) is 24.1 Å². The van der Waals surface area contributed by atoms with Crippen molar-refractivity contribution in [2.24, 2.45) is 0 Å². The van der Waals surface area contributed by atoms with Crippen LogP contribution in [0.25, 0.3) is 55.5 Å². The Balaban J connectivity index is 1.55. The summed E-state index contributed by atoms with van der Waals surface area (Å²) in [7, 11) is 0. The van der Waals surface area contributed by atoms with Crippen LogP contribution in [0.5, 0.6) is 0 Å². The maximum atomic E-state index is 4.96. The van der Waals surface area contributed by atoms with Gasteiger partial charge in [0, 0.05) is 21.5 Å². The number of hydrogen-bond donors (Lipinski definition) is 0. The standard InChI is InChI=1S/C27H17N5/c1-5-13-22-18(9-1)19-10-2-6-14-23(19)31(22)26-28-17-29-27(30-26)32-24-15-7-3-11-20(24)21-12-4-8-16-25(21)32/h1-17H. The van der Waals surface area contributed by atoms with Crippen molar-refractivity contribution in [3.63, 3.8) is 0 Å². The second-order valence-corrected chi connectivity index (χ2v) is 7.82. The molecule has 0 unspecified atom stereocenters. The van der Waals surface area contributed by atoms with Crippen LogP contribution < -0.4 is 0 Å². The second kappa shape index (κ2) is 6.49. The number of rotatable bonds is 2. The predicted octanol–water partition coefficient (Wildman–Crippen LogP) is 6.07. The van der Waals surface area contributed by atoms with Crippen LogP contribution in [-0.2, 0) is 0 Å². The minimum atomic E-state index is 0.606. The minimum absolute atomic E-state index is 0.606. The van der Waals surface area contributed by atoms with Gasteiger partial charge in [0.2, 0.25) is 11.9 Å². The lowest BCUT2D eigenvalue weighted by molar-refractivity contribution is 0.886. The minimum Gasteiger partial charge on any atom is -0.278 e. The number of benzene rings is 4. The molecule has 0 saturated carbocycles. The molecule has 0 aliphatic carbocycles. The maximum Gasteiger partial charge on any atom is 0.239 e. The van der Waals surface area contributed by atoms with Gasteiger partial charge >= 0.3 is 0 Å². The molecule has 5 heteroatoms. The van der Waals surface area contributed by atoms with E-state index in [9.17, 15) is 0 Å². The van der Waals surface area contributed by atoms with Crippen molar-refractivity contribution in [3.05, 3.63) is 103 Å². The van der Waals surface area contributed by atoms with Gasteiger partial charge in [-0.25, -0.2) is 9.97 Å². The molecular formula is C27H17N5. The highest BCUT2D eigenvalue weighted by atomic mass is 15.3. The van der Waals surface area contributed by atoms with Crippen molar-refractivity contribution in [2.45, 2.75) is 0 Å². The number of nitrogens with zero attached hydrogens (tertiary/aromatic N) is 5.